The average molecular weight is 283 g/mol. The van der Waals surface area contributed by atoms with E-state index in [0.717, 1.165) is 32.4 Å². The van der Waals surface area contributed by atoms with Crippen LogP contribution in [0.1, 0.15) is 30.4 Å². The summed E-state index contributed by atoms with van der Waals surface area (Å²) in [4.78, 5) is 11.8. The van der Waals surface area contributed by atoms with Crippen molar-refractivity contribution in [2.75, 3.05) is 13.1 Å². The van der Waals surface area contributed by atoms with Crippen LogP contribution in [-0.2, 0) is 11.2 Å². The fourth-order valence-electron chi connectivity index (χ4n) is 2.29. The smallest absolute Gasteiger partial charge is 0.220 e. The molecule has 1 aliphatic rings. The van der Waals surface area contributed by atoms with E-state index in [4.69, 9.17) is 0 Å². The van der Waals surface area contributed by atoms with Crippen molar-refractivity contribution in [2.45, 2.75) is 38.6 Å². The molecule has 1 unspecified atom stereocenters. The van der Waals surface area contributed by atoms with Crippen molar-refractivity contribution in [3.8, 4) is 0 Å². The van der Waals surface area contributed by atoms with E-state index >= 15 is 0 Å². The maximum atomic E-state index is 11.8. The van der Waals surface area contributed by atoms with Gasteiger partial charge in [-0.15, -0.1) is 12.4 Å². The topological polar surface area (TPSA) is 41.1 Å². The lowest BCUT2D eigenvalue weighted by molar-refractivity contribution is -0.121. The summed E-state index contributed by atoms with van der Waals surface area (Å²) in [6.45, 7) is 4.07. The van der Waals surface area contributed by atoms with Gasteiger partial charge in [0.2, 0.25) is 5.91 Å². The van der Waals surface area contributed by atoms with E-state index in [-0.39, 0.29) is 18.3 Å². The Morgan fingerprint density at radius 2 is 2.11 bits per heavy atom. The third kappa shape index (κ3) is 5.62. The average Bonchev–Trinajstić information content (AvgIpc) is 2.39. The fourth-order valence-corrected chi connectivity index (χ4v) is 2.29. The molecule has 2 N–H and O–H groups in total. The molecule has 4 heteroatoms. The molecule has 19 heavy (non-hydrogen) atoms. The SMILES string of the molecule is Cc1ccc(CCC(=O)NC2CCCNC2)cc1.Cl. The van der Waals surface area contributed by atoms with Crippen LogP contribution in [0.15, 0.2) is 24.3 Å². The second kappa shape index (κ2) is 8.18. The summed E-state index contributed by atoms with van der Waals surface area (Å²) in [5.41, 5.74) is 2.49. The molecule has 1 amide bonds. The van der Waals surface area contributed by atoms with Crippen LogP contribution in [0.5, 0.6) is 0 Å². The third-order valence-electron chi connectivity index (χ3n) is 3.42. The standard InChI is InChI=1S/C15H22N2O.ClH/c1-12-4-6-13(7-5-12)8-9-15(18)17-14-3-2-10-16-11-14;/h4-7,14,16H,2-3,8-11H2,1H3,(H,17,18);1H. The van der Waals surface area contributed by atoms with Crippen molar-refractivity contribution in [3.05, 3.63) is 35.4 Å². The van der Waals surface area contributed by atoms with Gasteiger partial charge in [-0.3, -0.25) is 4.79 Å². The molecule has 0 radical (unpaired) electrons. The highest BCUT2D eigenvalue weighted by Gasteiger charge is 2.14. The molecule has 1 heterocycles. The minimum Gasteiger partial charge on any atom is -0.352 e. The molecule has 0 aliphatic carbocycles. The van der Waals surface area contributed by atoms with E-state index in [0.29, 0.717) is 12.5 Å². The van der Waals surface area contributed by atoms with Crippen LogP contribution in [0.2, 0.25) is 0 Å². The van der Waals surface area contributed by atoms with Gasteiger partial charge in [-0.2, -0.15) is 0 Å². The van der Waals surface area contributed by atoms with E-state index in [9.17, 15) is 4.79 Å². The van der Waals surface area contributed by atoms with Crippen LogP contribution in [0.3, 0.4) is 0 Å². The molecule has 2 rings (SSSR count). The van der Waals surface area contributed by atoms with Gasteiger partial charge >= 0.3 is 0 Å². The number of piperidine rings is 1. The van der Waals surface area contributed by atoms with E-state index < -0.39 is 0 Å². The molecule has 0 saturated carbocycles. The molecule has 0 spiro atoms. The Hall–Kier alpha value is -1.06. The van der Waals surface area contributed by atoms with Crippen LogP contribution in [0, 0.1) is 6.92 Å². The lowest BCUT2D eigenvalue weighted by atomic mass is 10.1. The monoisotopic (exact) mass is 282 g/mol. The number of carbonyl (C=O) groups is 1. The predicted octanol–water partition coefficient (Wildman–Crippen LogP) is 2.22. The number of hydrogen-bond acceptors (Lipinski definition) is 2. The molecule has 1 fully saturated rings. The Balaban J connectivity index is 0.00000180. The fraction of sp³-hybridized carbons (Fsp3) is 0.533. The minimum atomic E-state index is 0. The van der Waals surface area contributed by atoms with E-state index in [2.05, 4.69) is 41.8 Å². The van der Waals surface area contributed by atoms with Gasteiger partial charge in [0.1, 0.15) is 0 Å². The highest BCUT2D eigenvalue weighted by molar-refractivity contribution is 5.85. The summed E-state index contributed by atoms with van der Waals surface area (Å²) in [5.74, 6) is 0.171. The largest absolute Gasteiger partial charge is 0.352 e. The van der Waals surface area contributed by atoms with Crippen LogP contribution in [0.25, 0.3) is 0 Å². The van der Waals surface area contributed by atoms with Crippen molar-refractivity contribution >= 4 is 18.3 Å². The number of hydrogen-bond donors (Lipinski definition) is 2. The second-order valence-corrected chi connectivity index (χ2v) is 5.10. The number of benzene rings is 1. The maximum absolute atomic E-state index is 11.8. The van der Waals surface area contributed by atoms with Gasteiger partial charge in [-0.25, -0.2) is 0 Å². The molecule has 1 aromatic carbocycles. The van der Waals surface area contributed by atoms with Gasteiger partial charge in [0.25, 0.3) is 0 Å². The first-order valence-electron chi connectivity index (χ1n) is 6.79. The summed E-state index contributed by atoms with van der Waals surface area (Å²) >= 11 is 0. The van der Waals surface area contributed by atoms with Gasteiger partial charge in [-0.05, 0) is 38.3 Å². The Labute approximate surface area is 121 Å². The number of nitrogens with one attached hydrogen (secondary N) is 2. The molecule has 1 aliphatic heterocycles. The van der Waals surface area contributed by atoms with Crippen molar-refractivity contribution in [3.63, 3.8) is 0 Å². The minimum absolute atomic E-state index is 0. The lowest BCUT2D eigenvalue weighted by Gasteiger charge is -2.23. The zero-order chi connectivity index (χ0) is 12.8. The Kier molecular flexibility index (Phi) is 6.89. The zero-order valence-corrected chi connectivity index (χ0v) is 12.3. The summed E-state index contributed by atoms with van der Waals surface area (Å²) in [7, 11) is 0. The first-order valence-corrected chi connectivity index (χ1v) is 6.79. The molecule has 3 nitrogen and oxygen atoms in total. The summed E-state index contributed by atoms with van der Waals surface area (Å²) in [6, 6.07) is 8.72. The third-order valence-corrected chi connectivity index (χ3v) is 3.42. The van der Waals surface area contributed by atoms with Crippen LogP contribution >= 0.6 is 12.4 Å². The molecule has 1 atom stereocenters. The first kappa shape index (κ1) is 16.0. The maximum Gasteiger partial charge on any atom is 0.220 e. The molecule has 1 aromatic rings. The number of rotatable bonds is 4. The summed E-state index contributed by atoms with van der Waals surface area (Å²) < 4.78 is 0. The van der Waals surface area contributed by atoms with E-state index in [1.54, 1.807) is 0 Å². The molecule has 1 saturated heterocycles. The normalized spacial score (nSPS) is 18.5. The van der Waals surface area contributed by atoms with E-state index in [1.807, 2.05) is 0 Å². The Morgan fingerprint density at radius 1 is 1.37 bits per heavy atom. The van der Waals surface area contributed by atoms with Crippen molar-refractivity contribution in [1.29, 1.82) is 0 Å². The first-order chi connectivity index (χ1) is 8.74. The molecule has 0 bridgehead atoms. The van der Waals surface area contributed by atoms with Gasteiger partial charge in [0.15, 0.2) is 0 Å². The van der Waals surface area contributed by atoms with Gasteiger partial charge < -0.3 is 10.6 Å². The quantitative estimate of drug-likeness (QED) is 0.889. The number of carbonyl (C=O) groups excluding carboxylic acids is 1. The van der Waals surface area contributed by atoms with Crippen molar-refractivity contribution in [2.24, 2.45) is 0 Å². The highest BCUT2D eigenvalue weighted by Crippen LogP contribution is 2.06. The molecular weight excluding hydrogens is 260 g/mol. The van der Waals surface area contributed by atoms with Gasteiger partial charge in [0, 0.05) is 19.0 Å². The number of amides is 1. The van der Waals surface area contributed by atoms with Crippen LogP contribution in [-0.4, -0.2) is 25.0 Å². The number of aryl methyl sites for hydroxylation is 2. The zero-order valence-electron chi connectivity index (χ0n) is 11.4. The van der Waals surface area contributed by atoms with Crippen molar-refractivity contribution < 1.29 is 4.79 Å². The summed E-state index contributed by atoms with van der Waals surface area (Å²) in [6.07, 6.45) is 3.66. The highest BCUT2D eigenvalue weighted by atomic mass is 35.5. The van der Waals surface area contributed by atoms with E-state index in [1.165, 1.54) is 11.1 Å². The predicted molar refractivity (Wildman–Crippen MR) is 80.8 cm³/mol. The van der Waals surface area contributed by atoms with Crippen LogP contribution < -0.4 is 10.6 Å². The van der Waals surface area contributed by atoms with Crippen molar-refractivity contribution in [1.82, 2.24) is 10.6 Å². The number of halogens is 1. The molecular formula is C15H23ClN2O. The second-order valence-electron chi connectivity index (χ2n) is 5.10. The van der Waals surface area contributed by atoms with Gasteiger partial charge in [0.05, 0.1) is 0 Å². The molecule has 0 aromatic heterocycles. The molecule has 106 valence electrons. The lowest BCUT2D eigenvalue weighted by Crippen LogP contribution is -2.45. The van der Waals surface area contributed by atoms with Crippen LogP contribution in [0.4, 0.5) is 0 Å². The Bertz CT molecular complexity index is 386. The Morgan fingerprint density at radius 3 is 2.74 bits per heavy atom. The summed E-state index contributed by atoms with van der Waals surface area (Å²) in [5, 5.41) is 6.40. The van der Waals surface area contributed by atoms with Gasteiger partial charge in [-0.1, -0.05) is 29.8 Å².